The van der Waals surface area contributed by atoms with Crippen molar-refractivity contribution in [3.63, 3.8) is 0 Å². The van der Waals surface area contributed by atoms with Gasteiger partial charge >= 0.3 is 0 Å². The fourth-order valence-corrected chi connectivity index (χ4v) is 2.80. The lowest BCUT2D eigenvalue weighted by Gasteiger charge is -2.21. The summed E-state index contributed by atoms with van der Waals surface area (Å²) in [5.74, 6) is -0.0339. The first-order chi connectivity index (χ1) is 9.66. The van der Waals surface area contributed by atoms with Crippen LogP contribution in [-0.2, 0) is 11.2 Å². The Bertz CT molecular complexity index is 637. The molecule has 1 aliphatic rings. The molecule has 1 heterocycles. The number of likely N-dealkylation sites (N-methyl/N-ethyl adjacent to an activating group) is 1. The van der Waals surface area contributed by atoms with Gasteiger partial charge < -0.3 is 10.0 Å². The number of phenols is 1. The molecule has 1 aliphatic heterocycles. The van der Waals surface area contributed by atoms with Crippen LogP contribution in [0.2, 0.25) is 0 Å². The van der Waals surface area contributed by atoms with Gasteiger partial charge in [-0.2, -0.15) is 0 Å². The summed E-state index contributed by atoms with van der Waals surface area (Å²) >= 11 is 0. The van der Waals surface area contributed by atoms with E-state index in [2.05, 4.69) is 0 Å². The molecular weight excluding hydrogens is 250 g/mol. The van der Waals surface area contributed by atoms with E-state index >= 15 is 0 Å². The molecule has 0 radical (unpaired) electrons. The zero-order chi connectivity index (χ0) is 14.1. The highest BCUT2D eigenvalue weighted by molar-refractivity contribution is 5.88. The Morgan fingerprint density at radius 2 is 1.90 bits per heavy atom. The van der Waals surface area contributed by atoms with E-state index in [0.717, 1.165) is 23.1 Å². The Morgan fingerprint density at radius 3 is 2.65 bits per heavy atom. The molecule has 0 saturated carbocycles. The fourth-order valence-electron chi connectivity index (χ4n) is 2.80. The fraction of sp³-hybridized carbons (Fsp3) is 0.235. The minimum absolute atomic E-state index is 0.0838. The molecule has 0 fully saturated rings. The van der Waals surface area contributed by atoms with Gasteiger partial charge in [-0.15, -0.1) is 0 Å². The molecule has 0 saturated heterocycles. The van der Waals surface area contributed by atoms with Crippen LogP contribution in [-0.4, -0.2) is 29.5 Å². The number of aromatic hydroxyl groups is 1. The van der Waals surface area contributed by atoms with Crippen molar-refractivity contribution >= 4 is 5.91 Å². The largest absolute Gasteiger partial charge is 0.508 e. The monoisotopic (exact) mass is 267 g/mol. The molecule has 0 bridgehead atoms. The number of hydrogen-bond acceptors (Lipinski definition) is 2. The van der Waals surface area contributed by atoms with Gasteiger partial charge in [-0.05, 0) is 35.2 Å². The molecular formula is C17H17NO2. The van der Waals surface area contributed by atoms with Gasteiger partial charge in [0.15, 0.2) is 0 Å². The summed E-state index contributed by atoms with van der Waals surface area (Å²) in [6.45, 7) is 0.708. The third-order valence-electron chi connectivity index (χ3n) is 3.91. The molecule has 20 heavy (non-hydrogen) atoms. The normalized spacial score (nSPS) is 18.6. The van der Waals surface area contributed by atoms with Crippen molar-refractivity contribution in [2.45, 2.75) is 12.3 Å². The summed E-state index contributed by atoms with van der Waals surface area (Å²) in [4.78, 5) is 14.4. The van der Waals surface area contributed by atoms with E-state index in [0.29, 0.717) is 6.54 Å². The van der Waals surface area contributed by atoms with Gasteiger partial charge in [0.1, 0.15) is 5.75 Å². The topological polar surface area (TPSA) is 40.5 Å². The van der Waals surface area contributed by atoms with E-state index in [-0.39, 0.29) is 17.6 Å². The molecule has 102 valence electrons. The zero-order valence-corrected chi connectivity index (χ0v) is 11.4. The van der Waals surface area contributed by atoms with Crippen molar-refractivity contribution in [2.24, 2.45) is 0 Å². The summed E-state index contributed by atoms with van der Waals surface area (Å²) < 4.78 is 0. The third-order valence-corrected chi connectivity index (χ3v) is 3.91. The number of fused-ring (bicyclic) bond motifs is 1. The average Bonchev–Trinajstić information content (AvgIpc) is 2.58. The van der Waals surface area contributed by atoms with E-state index in [9.17, 15) is 9.90 Å². The number of nitrogens with zero attached hydrogens (tertiary/aromatic N) is 1. The smallest absolute Gasteiger partial charge is 0.234 e. The predicted molar refractivity (Wildman–Crippen MR) is 77.7 cm³/mol. The number of phenolic OH excluding ortho intramolecular Hbond substituents is 1. The van der Waals surface area contributed by atoms with Crippen molar-refractivity contribution in [3.05, 3.63) is 65.2 Å². The van der Waals surface area contributed by atoms with Crippen LogP contribution < -0.4 is 0 Å². The molecule has 2 aromatic rings. The Balaban J connectivity index is 2.18. The molecule has 2 aromatic carbocycles. The number of carbonyl (C=O) groups excluding carboxylic acids is 1. The van der Waals surface area contributed by atoms with Crippen molar-refractivity contribution < 1.29 is 9.90 Å². The molecule has 0 spiro atoms. The lowest BCUT2D eigenvalue weighted by atomic mass is 9.87. The molecule has 1 amide bonds. The molecule has 3 rings (SSSR count). The zero-order valence-electron chi connectivity index (χ0n) is 11.4. The number of hydrogen-bond donors (Lipinski definition) is 1. The first-order valence-electron chi connectivity index (χ1n) is 6.78. The molecule has 3 heteroatoms. The van der Waals surface area contributed by atoms with Crippen molar-refractivity contribution in [3.8, 4) is 5.75 Å². The van der Waals surface area contributed by atoms with Crippen LogP contribution in [0.5, 0.6) is 5.75 Å². The first kappa shape index (κ1) is 12.7. The van der Waals surface area contributed by atoms with Crippen LogP contribution in [0, 0.1) is 0 Å². The average molecular weight is 267 g/mol. The number of carbonyl (C=O) groups is 1. The van der Waals surface area contributed by atoms with Gasteiger partial charge in [0.05, 0.1) is 5.92 Å². The Hall–Kier alpha value is -2.29. The quantitative estimate of drug-likeness (QED) is 0.862. The summed E-state index contributed by atoms with van der Waals surface area (Å²) in [5, 5.41) is 9.77. The molecule has 1 N–H and O–H groups in total. The first-order valence-corrected chi connectivity index (χ1v) is 6.78. The van der Waals surface area contributed by atoms with Crippen molar-refractivity contribution in [1.29, 1.82) is 0 Å². The standard InChI is InChI=1S/C17H17NO2/c1-18-10-9-12-7-8-14(19)11-15(12)16(17(18)20)13-5-3-2-4-6-13/h2-8,11,16,19H,9-10H2,1H3. The maximum atomic E-state index is 12.7. The van der Waals surface area contributed by atoms with Crippen LogP contribution in [0.4, 0.5) is 0 Å². The van der Waals surface area contributed by atoms with Gasteiger partial charge in [0.2, 0.25) is 5.91 Å². The highest BCUT2D eigenvalue weighted by Crippen LogP contribution is 2.33. The van der Waals surface area contributed by atoms with E-state index in [1.165, 1.54) is 0 Å². The number of amides is 1. The second-order valence-electron chi connectivity index (χ2n) is 5.24. The highest BCUT2D eigenvalue weighted by atomic mass is 16.3. The SMILES string of the molecule is CN1CCc2ccc(O)cc2C(c2ccccc2)C1=O. The van der Waals surface area contributed by atoms with Gasteiger partial charge in [0, 0.05) is 13.6 Å². The Labute approximate surface area is 118 Å². The minimum atomic E-state index is -0.328. The van der Waals surface area contributed by atoms with Crippen LogP contribution >= 0.6 is 0 Å². The van der Waals surface area contributed by atoms with E-state index in [1.54, 1.807) is 17.0 Å². The Morgan fingerprint density at radius 1 is 1.15 bits per heavy atom. The van der Waals surface area contributed by atoms with E-state index in [4.69, 9.17) is 0 Å². The maximum absolute atomic E-state index is 12.7. The second-order valence-corrected chi connectivity index (χ2v) is 5.24. The Kier molecular flexibility index (Phi) is 3.18. The molecule has 3 nitrogen and oxygen atoms in total. The maximum Gasteiger partial charge on any atom is 0.234 e. The van der Waals surface area contributed by atoms with Crippen LogP contribution in [0.15, 0.2) is 48.5 Å². The number of benzene rings is 2. The molecule has 0 aliphatic carbocycles. The summed E-state index contributed by atoms with van der Waals surface area (Å²) in [5.41, 5.74) is 3.03. The van der Waals surface area contributed by atoms with Gasteiger partial charge in [-0.25, -0.2) is 0 Å². The van der Waals surface area contributed by atoms with E-state index in [1.807, 2.05) is 43.4 Å². The lowest BCUT2D eigenvalue weighted by molar-refractivity contribution is -0.130. The number of rotatable bonds is 1. The second kappa shape index (κ2) is 5.00. The predicted octanol–water partition coefficient (Wildman–Crippen LogP) is 2.54. The summed E-state index contributed by atoms with van der Waals surface area (Å²) in [6, 6.07) is 15.1. The summed E-state index contributed by atoms with van der Waals surface area (Å²) in [7, 11) is 1.84. The van der Waals surface area contributed by atoms with Crippen molar-refractivity contribution in [2.75, 3.05) is 13.6 Å². The third kappa shape index (κ3) is 2.16. The van der Waals surface area contributed by atoms with Gasteiger partial charge in [-0.3, -0.25) is 4.79 Å². The van der Waals surface area contributed by atoms with Crippen LogP contribution in [0.25, 0.3) is 0 Å². The van der Waals surface area contributed by atoms with Crippen LogP contribution in [0.1, 0.15) is 22.6 Å². The lowest BCUT2D eigenvalue weighted by Crippen LogP contribution is -2.31. The van der Waals surface area contributed by atoms with Gasteiger partial charge in [0.25, 0.3) is 0 Å². The molecule has 0 aromatic heterocycles. The molecule has 1 atom stereocenters. The highest BCUT2D eigenvalue weighted by Gasteiger charge is 2.30. The van der Waals surface area contributed by atoms with Crippen molar-refractivity contribution in [1.82, 2.24) is 4.90 Å². The van der Waals surface area contributed by atoms with Gasteiger partial charge in [-0.1, -0.05) is 36.4 Å². The minimum Gasteiger partial charge on any atom is -0.508 e. The summed E-state index contributed by atoms with van der Waals surface area (Å²) in [6.07, 6.45) is 0.821. The molecule has 1 unspecified atom stereocenters. The van der Waals surface area contributed by atoms with E-state index < -0.39 is 0 Å². The van der Waals surface area contributed by atoms with Crippen LogP contribution in [0.3, 0.4) is 0 Å².